The molecule has 29 heavy (non-hydrogen) atoms. The Labute approximate surface area is 168 Å². The Kier molecular flexibility index (Phi) is 4.41. The summed E-state index contributed by atoms with van der Waals surface area (Å²) in [6.07, 6.45) is 8.35. The largest absolute Gasteiger partial charge is 0.294 e. The van der Waals surface area contributed by atoms with Crippen LogP contribution in [0.2, 0.25) is 0 Å². The van der Waals surface area contributed by atoms with Gasteiger partial charge >= 0.3 is 0 Å². The Bertz CT molecular complexity index is 1200. The molecule has 6 heteroatoms. The average molecular weight is 383 g/mol. The fourth-order valence-corrected chi connectivity index (χ4v) is 4.02. The second kappa shape index (κ2) is 7.22. The summed E-state index contributed by atoms with van der Waals surface area (Å²) >= 11 is 0. The fraction of sp³-hybridized carbons (Fsp3) is 0.217. The van der Waals surface area contributed by atoms with E-state index in [1.54, 1.807) is 23.9 Å². The van der Waals surface area contributed by atoms with Crippen LogP contribution >= 0.6 is 0 Å². The number of hydrogen-bond acceptors (Lipinski definition) is 5. The molecule has 1 aliphatic heterocycles. The van der Waals surface area contributed by atoms with Crippen molar-refractivity contribution in [3.8, 4) is 11.4 Å². The topological polar surface area (TPSA) is 63.9 Å². The van der Waals surface area contributed by atoms with Gasteiger partial charge in [0.1, 0.15) is 0 Å². The van der Waals surface area contributed by atoms with Crippen LogP contribution in [0.3, 0.4) is 0 Å². The van der Waals surface area contributed by atoms with E-state index >= 15 is 0 Å². The minimum Gasteiger partial charge on any atom is -0.294 e. The number of nitrogens with zero attached hydrogens (tertiary/aromatic N) is 5. The molecular formula is C23H21N5O. The predicted octanol–water partition coefficient (Wildman–Crippen LogP) is 3.71. The molecular weight excluding hydrogens is 362 g/mol. The molecule has 5 rings (SSSR count). The first kappa shape index (κ1) is 17.7. The van der Waals surface area contributed by atoms with E-state index in [9.17, 15) is 4.79 Å². The van der Waals surface area contributed by atoms with Gasteiger partial charge in [-0.1, -0.05) is 18.2 Å². The lowest BCUT2D eigenvalue weighted by atomic mass is 10.1. The molecule has 0 unspecified atom stereocenters. The van der Waals surface area contributed by atoms with Crippen molar-refractivity contribution in [1.29, 1.82) is 0 Å². The molecule has 144 valence electrons. The summed E-state index contributed by atoms with van der Waals surface area (Å²) in [6.45, 7) is 4.13. The van der Waals surface area contributed by atoms with E-state index in [4.69, 9.17) is 4.98 Å². The van der Waals surface area contributed by atoms with E-state index in [2.05, 4.69) is 20.9 Å². The van der Waals surface area contributed by atoms with Crippen LogP contribution in [-0.2, 0) is 19.5 Å². The van der Waals surface area contributed by atoms with Crippen LogP contribution in [0.5, 0.6) is 0 Å². The number of fused-ring (bicyclic) bond motifs is 2. The molecule has 0 aliphatic carbocycles. The van der Waals surface area contributed by atoms with Crippen LogP contribution in [0.25, 0.3) is 22.3 Å². The lowest BCUT2D eigenvalue weighted by molar-refractivity contribution is 0.0941. The van der Waals surface area contributed by atoms with E-state index < -0.39 is 0 Å². The van der Waals surface area contributed by atoms with Crippen molar-refractivity contribution < 1.29 is 4.79 Å². The predicted molar refractivity (Wildman–Crippen MR) is 111 cm³/mol. The van der Waals surface area contributed by atoms with Crippen molar-refractivity contribution in [2.24, 2.45) is 0 Å². The summed E-state index contributed by atoms with van der Waals surface area (Å²) in [6, 6.07) is 12.0. The smallest absolute Gasteiger partial charge is 0.227 e. The second-order valence-electron chi connectivity index (χ2n) is 7.43. The molecule has 0 fully saturated rings. The van der Waals surface area contributed by atoms with Crippen LogP contribution in [0.1, 0.15) is 28.5 Å². The summed E-state index contributed by atoms with van der Waals surface area (Å²) in [5.41, 5.74) is 5.36. The van der Waals surface area contributed by atoms with Gasteiger partial charge in [-0.05, 0) is 23.8 Å². The van der Waals surface area contributed by atoms with E-state index in [1.165, 1.54) is 11.1 Å². The van der Waals surface area contributed by atoms with Gasteiger partial charge in [-0.25, -0.2) is 9.97 Å². The van der Waals surface area contributed by atoms with Crippen molar-refractivity contribution >= 4 is 16.8 Å². The van der Waals surface area contributed by atoms with Crippen molar-refractivity contribution in [3.05, 3.63) is 78.0 Å². The van der Waals surface area contributed by atoms with Crippen LogP contribution in [0.15, 0.2) is 61.2 Å². The van der Waals surface area contributed by atoms with E-state index in [1.807, 2.05) is 42.7 Å². The maximum absolute atomic E-state index is 12.0. The van der Waals surface area contributed by atoms with E-state index in [-0.39, 0.29) is 5.91 Å². The molecule has 0 N–H and O–H groups in total. The van der Waals surface area contributed by atoms with Crippen LogP contribution in [0, 0.1) is 0 Å². The van der Waals surface area contributed by atoms with Crippen molar-refractivity contribution in [2.75, 3.05) is 6.54 Å². The fourth-order valence-electron chi connectivity index (χ4n) is 4.02. The molecule has 6 nitrogen and oxygen atoms in total. The van der Waals surface area contributed by atoms with E-state index in [0.29, 0.717) is 0 Å². The zero-order valence-corrected chi connectivity index (χ0v) is 16.2. The summed E-state index contributed by atoms with van der Waals surface area (Å²) < 4.78 is 1.74. The van der Waals surface area contributed by atoms with Gasteiger partial charge < -0.3 is 0 Å². The zero-order chi connectivity index (χ0) is 19.8. The van der Waals surface area contributed by atoms with Crippen LogP contribution in [0.4, 0.5) is 0 Å². The molecule has 0 saturated heterocycles. The third-order valence-corrected chi connectivity index (χ3v) is 5.46. The van der Waals surface area contributed by atoms with Crippen molar-refractivity contribution in [3.63, 3.8) is 0 Å². The number of pyridine rings is 1. The minimum atomic E-state index is 0.0350. The standard InChI is InChI=1S/C23H21N5O/c1-16(29)28-15-19(20-6-2-3-7-22(20)28)14-27-10-8-21-18(13-27)12-25-23(26-21)17-5-4-9-24-11-17/h2-7,9,11-12,15H,8,10,13-14H2,1H3. The molecule has 0 saturated carbocycles. The van der Waals surface area contributed by atoms with E-state index in [0.717, 1.165) is 54.0 Å². The SMILES string of the molecule is CC(=O)n1cc(CN2CCc3nc(-c4cccnc4)ncc3C2)c2ccccc21. The van der Waals surface area contributed by atoms with Crippen molar-refractivity contribution in [1.82, 2.24) is 24.4 Å². The molecule has 1 aliphatic rings. The minimum absolute atomic E-state index is 0.0350. The van der Waals surface area contributed by atoms with Crippen LogP contribution < -0.4 is 0 Å². The zero-order valence-electron chi connectivity index (χ0n) is 16.2. The first-order valence-corrected chi connectivity index (χ1v) is 9.76. The Morgan fingerprint density at radius 3 is 2.86 bits per heavy atom. The number of rotatable bonds is 3. The molecule has 1 aromatic carbocycles. The van der Waals surface area contributed by atoms with Crippen molar-refractivity contribution in [2.45, 2.75) is 26.4 Å². The number of para-hydroxylation sites is 1. The van der Waals surface area contributed by atoms with Gasteiger partial charge in [-0.15, -0.1) is 0 Å². The third kappa shape index (κ3) is 3.32. The molecule has 3 aromatic heterocycles. The number of hydrogen-bond donors (Lipinski definition) is 0. The quantitative estimate of drug-likeness (QED) is 0.540. The maximum Gasteiger partial charge on any atom is 0.227 e. The molecule has 4 heterocycles. The number of aromatic nitrogens is 4. The number of benzene rings is 1. The van der Waals surface area contributed by atoms with Gasteiger partial charge in [0.15, 0.2) is 5.82 Å². The van der Waals surface area contributed by atoms with Gasteiger partial charge in [0.05, 0.1) is 11.2 Å². The molecule has 4 aromatic rings. The Balaban J connectivity index is 1.40. The summed E-state index contributed by atoms with van der Waals surface area (Å²) in [5, 5.41) is 1.14. The molecule has 0 radical (unpaired) electrons. The molecule has 0 atom stereocenters. The first-order valence-electron chi connectivity index (χ1n) is 9.76. The number of carbonyl (C=O) groups is 1. The maximum atomic E-state index is 12.0. The average Bonchev–Trinajstić information content (AvgIpc) is 3.13. The highest BCUT2D eigenvalue weighted by Gasteiger charge is 2.21. The van der Waals surface area contributed by atoms with Gasteiger partial charge in [-0.3, -0.25) is 19.2 Å². The summed E-state index contributed by atoms with van der Waals surface area (Å²) in [7, 11) is 0. The second-order valence-corrected chi connectivity index (χ2v) is 7.43. The Hall–Kier alpha value is -3.38. The normalized spacial score (nSPS) is 14.1. The summed E-state index contributed by atoms with van der Waals surface area (Å²) in [5.74, 6) is 0.766. The van der Waals surface area contributed by atoms with Gasteiger partial charge in [0.2, 0.25) is 5.91 Å². The highest BCUT2D eigenvalue weighted by atomic mass is 16.1. The highest BCUT2D eigenvalue weighted by molar-refractivity contribution is 5.93. The highest BCUT2D eigenvalue weighted by Crippen LogP contribution is 2.26. The third-order valence-electron chi connectivity index (χ3n) is 5.46. The van der Waals surface area contributed by atoms with Gasteiger partial charge in [0.25, 0.3) is 0 Å². The first-order chi connectivity index (χ1) is 14.2. The molecule has 0 spiro atoms. The molecule has 0 bridgehead atoms. The molecule has 0 amide bonds. The van der Waals surface area contributed by atoms with Gasteiger partial charge in [0, 0.05) is 74.3 Å². The lowest BCUT2D eigenvalue weighted by Gasteiger charge is -2.27. The summed E-state index contributed by atoms with van der Waals surface area (Å²) in [4.78, 5) is 27.9. The number of carbonyl (C=O) groups excluding carboxylic acids is 1. The monoisotopic (exact) mass is 383 g/mol. The Morgan fingerprint density at radius 2 is 2.03 bits per heavy atom. The van der Waals surface area contributed by atoms with Gasteiger partial charge in [-0.2, -0.15) is 0 Å². The van der Waals surface area contributed by atoms with Crippen LogP contribution in [-0.4, -0.2) is 36.9 Å². The Morgan fingerprint density at radius 1 is 1.14 bits per heavy atom. The lowest BCUT2D eigenvalue weighted by Crippen LogP contribution is -2.31.